The van der Waals surface area contributed by atoms with E-state index in [1.807, 2.05) is 0 Å². The number of aromatic nitrogens is 2. The highest BCUT2D eigenvalue weighted by Gasteiger charge is 2.24. The summed E-state index contributed by atoms with van der Waals surface area (Å²) in [5, 5.41) is 8.77. The van der Waals surface area contributed by atoms with E-state index in [2.05, 4.69) is 15.7 Å². The quantitative estimate of drug-likeness (QED) is 0.666. The van der Waals surface area contributed by atoms with E-state index in [1.54, 1.807) is 18.2 Å². The van der Waals surface area contributed by atoms with E-state index in [4.69, 9.17) is 4.74 Å². The van der Waals surface area contributed by atoms with Crippen molar-refractivity contribution in [1.82, 2.24) is 15.1 Å². The number of hydrogen-bond acceptors (Lipinski definition) is 4. The van der Waals surface area contributed by atoms with Gasteiger partial charge in [0.15, 0.2) is 17.3 Å². The summed E-state index contributed by atoms with van der Waals surface area (Å²) >= 11 is 0. The summed E-state index contributed by atoms with van der Waals surface area (Å²) in [7, 11) is 2.82. The van der Waals surface area contributed by atoms with Gasteiger partial charge in [-0.2, -0.15) is 5.10 Å². The van der Waals surface area contributed by atoms with Crippen LogP contribution < -0.4 is 15.4 Å². The van der Waals surface area contributed by atoms with E-state index in [9.17, 15) is 18.4 Å². The highest BCUT2D eigenvalue weighted by molar-refractivity contribution is 6.06. The molecular weight excluding hydrogens is 382 g/mol. The predicted octanol–water partition coefficient (Wildman–Crippen LogP) is 2.89. The SMILES string of the molecule is COc1ccccc1C(=O)Nc1c(F)c(C(=O)NCc2ccc(F)cc2)nn1C. The molecule has 0 radical (unpaired) electrons. The molecule has 3 aromatic rings. The Bertz CT molecular complexity index is 1050. The molecule has 0 saturated carbocycles. The number of anilines is 1. The Balaban J connectivity index is 1.74. The van der Waals surface area contributed by atoms with E-state index < -0.39 is 29.1 Å². The third-order valence-electron chi connectivity index (χ3n) is 4.15. The lowest BCUT2D eigenvalue weighted by Gasteiger charge is -2.09. The molecule has 7 nitrogen and oxygen atoms in total. The molecule has 0 aliphatic rings. The van der Waals surface area contributed by atoms with Crippen LogP contribution in [-0.2, 0) is 13.6 Å². The Labute approximate surface area is 165 Å². The van der Waals surface area contributed by atoms with Crippen LogP contribution in [0.4, 0.5) is 14.6 Å². The van der Waals surface area contributed by atoms with E-state index >= 15 is 0 Å². The fourth-order valence-electron chi connectivity index (χ4n) is 2.65. The molecule has 1 aromatic heterocycles. The van der Waals surface area contributed by atoms with Gasteiger partial charge >= 0.3 is 0 Å². The van der Waals surface area contributed by atoms with Crippen LogP contribution in [0.15, 0.2) is 48.5 Å². The summed E-state index contributed by atoms with van der Waals surface area (Å²) < 4.78 is 33.9. The number of para-hydroxylation sites is 1. The number of aryl methyl sites for hydroxylation is 1. The van der Waals surface area contributed by atoms with Crippen LogP contribution in [0.2, 0.25) is 0 Å². The lowest BCUT2D eigenvalue weighted by Crippen LogP contribution is -2.24. The minimum absolute atomic E-state index is 0.0675. The van der Waals surface area contributed by atoms with Crippen molar-refractivity contribution in [3.8, 4) is 5.75 Å². The van der Waals surface area contributed by atoms with Gasteiger partial charge < -0.3 is 15.4 Å². The third kappa shape index (κ3) is 4.40. The van der Waals surface area contributed by atoms with Crippen LogP contribution in [0, 0.1) is 11.6 Å². The molecule has 0 bridgehead atoms. The molecule has 0 saturated heterocycles. The minimum atomic E-state index is -0.965. The highest BCUT2D eigenvalue weighted by atomic mass is 19.1. The minimum Gasteiger partial charge on any atom is -0.496 e. The summed E-state index contributed by atoms with van der Waals surface area (Å²) in [5.41, 5.74) is 0.378. The maximum absolute atomic E-state index is 14.7. The average Bonchev–Trinajstić information content (AvgIpc) is 3.01. The summed E-state index contributed by atoms with van der Waals surface area (Å²) in [6.07, 6.45) is 0. The number of nitrogens with zero attached hydrogens (tertiary/aromatic N) is 2. The first-order valence-electron chi connectivity index (χ1n) is 8.60. The molecule has 0 atom stereocenters. The molecule has 150 valence electrons. The number of benzene rings is 2. The Hall–Kier alpha value is -3.75. The lowest BCUT2D eigenvalue weighted by molar-refractivity contribution is 0.0940. The van der Waals surface area contributed by atoms with E-state index in [1.165, 1.54) is 44.5 Å². The highest BCUT2D eigenvalue weighted by Crippen LogP contribution is 2.22. The van der Waals surface area contributed by atoms with Gasteiger partial charge in [-0.3, -0.25) is 9.59 Å². The van der Waals surface area contributed by atoms with Gasteiger partial charge in [0, 0.05) is 13.6 Å². The van der Waals surface area contributed by atoms with Crippen LogP contribution in [0.25, 0.3) is 0 Å². The zero-order valence-corrected chi connectivity index (χ0v) is 15.7. The van der Waals surface area contributed by atoms with Crippen molar-refractivity contribution in [2.24, 2.45) is 7.05 Å². The molecule has 2 N–H and O–H groups in total. The first kappa shape index (κ1) is 20.0. The van der Waals surface area contributed by atoms with Crippen LogP contribution in [-0.4, -0.2) is 28.7 Å². The molecule has 0 spiro atoms. The summed E-state index contributed by atoms with van der Waals surface area (Å²) in [4.78, 5) is 24.8. The van der Waals surface area contributed by atoms with Gasteiger partial charge in [-0.1, -0.05) is 24.3 Å². The Morgan fingerprint density at radius 1 is 1.07 bits per heavy atom. The van der Waals surface area contributed by atoms with Crippen molar-refractivity contribution < 1.29 is 23.1 Å². The van der Waals surface area contributed by atoms with Gasteiger partial charge in [0.05, 0.1) is 12.7 Å². The second kappa shape index (κ2) is 8.51. The van der Waals surface area contributed by atoms with Crippen molar-refractivity contribution in [2.45, 2.75) is 6.54 Å². The first-order valence-corrected chi connectivity index (χ1v) is 8.60. The monoisotopic (exact) mass is 400 g/mol. The molecule has 2 aromatic carbocycles. The van der Waals surface area contributed by atoms with Gasteiger partial charge in [-0.25, -0.2) is 13.5 Å². The fraction of sp³-hybridized carbons (Fsp3) is 0.150. The third-order valence-corrected chi connectivity index (χ3v) is 4.15. The van der Waals surface area contributed by atoms with Crippen molar-refractivity contribution >= 4 is 17.6 Å². The average molecular weight is 400 g/mol. The molecule has 9 heteroatoms. The summed E-state index contributed by atoms with van der Waals surface area (Å²) in [6.45, 7) is 0.0675. The Kier molecular flexibility index (Phi) is 5.87. The second-order valence-corrected chi connectivity index (χ2v) is 6.10. The number of ether oxygens (including phenoxy) is 1. The standard InChI is InChI=1S/C20H18F2N4O3/c1-26-18(24-19(27)14-5-3-4-6-15(14)29-2)16(22)17(25-26)20(28)23-11-12-7-9-13(21)10-8-12/h3-10H,11H2,1-2H3,(H,23,28)(H,24,27). The van der Waals surface area contributed by atoms with Crippen molar-refractivity contribution in [2.75, 3.05) is 12.4 Å². The Morgan fingerprint density at radius 2 is 1.76 bits per heavy atom. The van der Waals surface area contributed by atoms with Gasteiger partial charge in [0.1, 0.15) is 11.6 Å². The summed E-state index contributed by atoms with van der Waals surface area (Å²) in [6, 6.07) is 12.0. The van der Waals surface area contributed by atoms with E-state index in [0.29, 0.717) is 11.3 Å². The Morgan fingerprint density at radius 3 is 2.45 bits per heavy atom. The van der Waals surface area contributed by atoms with E-state index in [0.717, 1.165) is 4.68 Å². The van der Waals surface area contributed by atoms with Crippen LogP contribution in [0.1, 0.15) is 26.4 Å². The molecule has 3 rings (SSSR count). The fourth-order valence-corrected chi connectivity index (χ4v) is 2.65. The molecular formula is C20H18F2N4O3. The number of amides is 2. The molecule has 0 unspecified atom stereocenters. The maximum Gasteiger partial charge on any atom is 0.275 e. The van der Waals surface area contributed by atoms with E-state index in [-0.39, 0.29) is 17.9 Å². The zero-order valence-electron chi connectivity index (χ0n) is 15.7. The summed E-state index contributed by atoms with van der Waals surface area (Å²) in [5.74, 6) is -2.67. The number of rotatable bonds is 6. The van der Waals surface area contributed by atoms with Crippen molar-refractivity contribution in [3.63, 3.8) is 0 Å². The molecule has 2 amide bonds. The first-order chi connectivity index (χ1) is 13.9. The number of halogens is 2. The second-order valence-electron chi connectivity index (χ2n) is 6.10. The van der Waals surface area contributed by atoms with Crippen molar-refractivity contribution in [3.05, 3.63) is 77.0 Å². The zero-order chi connectivity index (χ0) is 21.0. The van der Waals surface area contributed by atoms with Gasteiger partial charge in [0.2, 0.25) is 0 Å². The number of methoxy groups -OCH3 is 1. The van der Waals surface area contributed by atoms with Gasteiger partial charge in [-0.15, -0.1) is 0 Å². The van der Waals surface area contributed by atoms with Crippen LogP contribution in [0.5, 0.6) is 5.75 Å². The molecule has 29 heavy (non-hydrogen) atoms. The molecule has 1 heterocycles. The number of hydrogen-bond donors (Lipinski definition) is 2. The van der Waals surface area contributed by atoms with Crippen LogP contribution in [0.3, 0.4) is 0 Å². The normalized spacial score (nSPS) is 10.5. The molecule has 0 aliphatic carbocycles. The number of nitrogens with one attached hydrogen (secondary N) is 2. The van der Waals surface area contributed by atoms with Gasteiger partial charge in [0.25, 0.3) is 11.8 Å². The maximum atomic E-state index is 14.7. The number of carbonyl (C=O) groups excluding carboxylic acids is 2. The van der Waals surface area contributed by atoms with Crippen LogP contribution >= 0.6 is 0 Å². The molecule has 0 aliphatic heterocycles. The van der Waals surface area contributed by atoms with Crippen molar-refractivity contribution in [1.29, 1.82) is 0 Å². The number of carbonyl (C=O) groups is 2. The topological polar surface area (TPSA) is 85.2 Å². The predicted molar refractivity (Wildman–Crippen MR) is 102 cm³/mol. The molecule has 0 fully saturated rings. The van der Waals surface area contributed by atoms with Gasteiger partial charge in [-0.05, 0) is 29.8 Å². The lowest BCUT2D eigenvalue weighted by atomic mass is 10.2. The smallest absolute Gasteiger partial charge is 0.275 e. The largest absolute Gasteiger partial charge is 0.496 e.